The molecule has 0 aromatic heterocycles. The molecule has 0 saturated carbocycles. The minimum Gasteiger partial charge on any atom is -0.229 e. The van der Waals surface area contributed by atoms with Crippen molar-refractivity contribution in [2.75, 3.05) is 12.0 Å². The first kappa shape index (κ1) is 21.2. The molecule has 8 heteroatoms. The fourth-order valence-electron chi connectivity index (χ4n) is 2.66. The van der Waals surface area contributed by atoms with Gasteiger partial charge in [-0.15, -0.1) is 0 Å². The van der Waals surface area contributed by atoms with E-state index in [4.69, 9.17) is 23.2 Å². The zero-order valence-corrected chi connectivity index (χ0v) is 17.4. The number of halogens is 2. The average Bonchev–Trinajstić information content (AvgIpc) is 2.55. The lowest BCUT2D eigenvalue weighted by atomic mass is 10.1. The Hall–Kier alpha value is -1.08. The highest BCUT2D eigenvalue weighted by molar-refractivity contribution is 7.91. The summed E-state index contributed by atoms with van der Waals surface area (Å²) in [6, 6.07) is 12.7. The van der Waals surface area contributed by atoms with Crippen molar-refractivity contribution in [1.29, 1.82) is 0 Å². The van der Waals surface area contributed by atoms with Crippen LogP contribution in [0.3, 0.4) is 0 Å². The first-order valence-corrected chi connectivity index (χ1v) is 12.4. The van der Waals surface area contributed by atoms with Gasteiger partial charge in [0.15, 0.2) is 9.84 Å². The van der Waals surface area contributed by atoms with Gasteiger partial charge in [-0.2, -0.15) is 0 Å². The fraction of sp³-hybridized carbons (Fsp3) is 0.333. The molecule has 0 aliphatic carbocycles. The molecule has 0 N–H and O–H groups in total. The maximum absolute atomic E-state index is 13.1. The van der Waals surface area contributed by atoms with E-state index in [9.17, 15) is 16.8 Å². The SMILES string of the molecule is CS(=O)(=O)CCCCC(c1ccc(Cl)cc1)S(=O)(=O)c1ccc(Cl)cc1. The van der Waals surface area contributed by atoms with Gasteiger partial charge in [0.05, 0.1) is 10.1 Å². The van der Waals surface area contributed by atoms with Crippen molar-refractivity contribution in [3.8, 4) is 0 Å². The Morgan fingerprint density at radius 2 is 1.31 bits per heavy atom. The number of benzene rings is 2. The molecular formula is C18H20Cl2O4S2. The molecule has 2 aromatic carbocycles. The lowest BCUT2D eigenvalue weighted by Crippen LogP contribution is -2.14. The third-order valence-electron chi connectivity index (χ3n) is 3.99. The van der Waals surface area contributed by atoms with Gasteiger partial charge < -0.3 is 0 Å². The van der Waals surface area contributed by atoms with E-state index in [0.29, 0.717) is 34.9 Å². The molecule has 0 bridgehead atoms. The Morgan fingerprint density at radius 3 is 1.81 bits per heavy atom. The highest BCUT2D eigenvalue weighted by Gasteiger charge is 2.28. The monoisotopic (exact) mass is 434 g/mol. The van der Waals surface area contributed by atoms with Gasteiger partial charge in [-0.05, 0) is 54.8 Å². The Labute approximate surface area is 165 Å². The Bertz CT molecular complexity index is 936. The zero-order valence-electron chi connectivity index (χ0n) is 14.2. The minimum absolute atomic E-state index is 0.0430. The second-order valence-electron chi connectivity index (χ2n) is 6.16. The van der Waals surface area contributed by atoms with Crippen molar-refractivity contribution in [2.45, 2.75) is 29.4 Å². The van der Waals surface area contributed by atoms with E-state index in [0.717, 1.165) is 0 Å². The maximum Gasteiger partial charge on any atom is 0.185 e. The van der Waals surface area contributed by atoms with E-state index < -0.39 is 24.9 Å². The first-order valence-electron chi connectivity index (χ1n) is 8.02. The van der Waals surface area contributed by atoms with Gasteiger partial charge in [-0.3, -0.25) is 0 Å². The van der Waals surface area contributed by atoms with Crippen molar-refractivity contribution >= 4 is 42.9 Å². The highest BCUT2D eigenvalue weighted by Crippen LogP contribution is 2.34. The van der Waals surface area contributed by atoms with Gasteiger partial charge in [-0.25, -0.2) is 16.8 Å². The Morgan fingerprint density at radius 1 is 0.808 bits per heavy atom. The Kier molecular flexibility index (Phi) is 7.13. The summed E-state index contributed by atoms with van der Waals surface area (Å²) in [6.07, 6.45) is 2.39. The molecule has 0 aliphatic rings. The predicted octanol–water partition coefficient (Wildman–Crippen LogP) is 4.72. The quantitative estimate of drug-likeness (QED) is 0.563. The van der Waals surface area contributed by atoms with Crippen LogP contribution >= 0.6 is 23.2 Å². The van der Waals surface area contributed by atoms with Gasteiger partial charge in [0.25, 0.3) is 0 Å². The van der Waals surface area contributed by atoms with E-state index in [-0.39, 0.29) is 10.6 Å². The molecule has 142 valence electrons. The average molecular weight is 435 g/mol. The number of sulfone groups is 2. The number of hydrogen-bond acceptors (Lipinski definition) is 4. The van der Waals surface area contributed by atoms with Gasteiger partial charge in [0, 0.05) is 22.1 Å². The van der Waals surface area contributed by atoms with Crippen molar-refractivity contribution in [3.63, 3.8) is 0 Å². The van der Waals surface area contributed by atoms with Crippen molar-refractivity contribution in [2.24, 2.45) is 0 Å². The van der Waals surface area contributed by atoms with Crippen LogP contribution in [-0.4, -0.2) is 28.8 Å². The van der Waals surface area contributed by atoms with E-state index in [2.05, 4.69) is 0 Å². The number of hydrogen-bond donors (Lipinski definition) is 0. The number of unbranched alkanes of at least 4 members (excludes halogenated alkanes) is 1. The molecule has 2 rings (SSSR count). The molecule has 0 aliphatic heterocycles. The maximum atomic E-state index is 13.1. The normalized spacial score (nSPS) is 13.5. The van der Waals surface area contributed by atoms with E-state index in [1.54, 1.807) is 24.3 Å². The van der Waals surface area contributed by atoms with Crippen LogP contribution in [0.5, 0.6) is 0 Å². The molecule has 1 atom stereocenters. The van der Waals surface area contributed by atoms with Crippen LogP contribution in [0.1, 0.15) is 30.1 Å². The van der Waals surface area contributed by atoms with E-state index in [1.807, 2.05) is 0 Å². The smallest absolute Gasteiger partial charge is 0.185 e. The highest BCUT2D eigenvalue weighted by atomic mass is 35.5. The van der Waals surface area contributed by atoms with Gasteiger partial charge in [0.1, 0.15) is 9.84 Å². The van der Waals surface area contributed by atoms with Crippen LogP contribution < -0.4 is 0 Å². The van der Waals surface area contributed by atoms with Gasteiger partial charge in [0.2, 0.25) is 0 Å². The van der Waals surface area contributed by atoms with Crippen LogP contribution in [0, 0.1) is 0 Å². The van der Waals surface area contributed by atoms with Crippen molar-refractivity contribution in [3.05, 3.63) is 64.1 Å². The van der Waals surface area contributed by atoms with Crippen molar-refractivity contribution in [1.82, 2.24) is 0 Å². The fourth-order valence-corrected chi connectivity index (χ4v) is 5.48. The zero-order chi connectivity index (χ0) is 19.4. The Balaban J connectivity index is 2.30. The van der Waals surface area contributed by atoms with Crippen LogP contribution in [0.15, 0.2) is 53.4 Å². The third-order valence-corrected chi connectivity index (χ3v) is 7.71. The van der Waals surface area contributed by atoms with E-state index in [1.165, 1.54) is 30.5 Å². The molecule has 0 saturated heterocycles. The van der Waals surface area contributed by atoms with Crippen LogP contribution in [0.2, 0.25) is 10.0 Å². The van der Waals surface area contributed by atoms with Gasteiger partial charge in [-0.1, -0.05) is 41.8 Å². The summed E-state index contributed by atoms with van der Waals surface area (Å²) in [5.74, 6) is 0.0430. The van der Waals surface area contributed by atoms with Crippen LogP contribution in [0.4, 0.5) is 0 Å². The molecule has 4 nitrogen and oxygen atoms in total. The summed E-state index contributed by atoms with van der Waals surface area (Å²) >= 11 is 11.8. The molecule has 0 radical (unpaired) electrons. The third kappa shape index (κ3) is 5.98. The molecule has 0 fully saturated rings. The van der Waals surface area contributed by atoms with Crippen LogP contribution in [0.25, 0.3) is 0 Å². The first-order chi connectivity index (χ1) is 12.1. The minimum atomic E-state index is -3.65. The standard InChI is InChI=1S/C18H20Cl2O4S2/c1-25(21,22)13-3-2-4-18(14-5-7-15(19)8-6-14)26(23,24)17-11-9-16(20)10-12-17/h5-12,18H,2-4,13H2,1H3. The lowest BCUT2D eigenvalue weighted by molar-refractivity contribution is 0.567. The molecule has 26 heavy (non-hydrogen) atoms. The lowest BCUT2D eigenvalue weighted by Gasteiger charge is -2.18. The second-order valence-corrected chi connectivity index (χ2v) is 11.4. The predicted molar refractivity (Wildman–Crippen MR) is 106 cm³/mol. The molecule has 0 spiro atoms. The summed E-state index contributed by atoms with van der Waals surface area (Å²) in [5.41, 5.74) is 0.628. The van der Waals surface area contributed by atoms with E-state index >= 15 is 0 Å². The largest absolute Gasteiger partial charge is 0.229 e. The van der Waals surface area contributed by atoms with Crippen LogP contribution in [-0.2, 0) is 19.7 Å². The summed E-state index contributed by atoms with van der Waals surface area (Å²) in [4.78, 5) is 0.185. The summed E-state index contributed by atoms with van der Waals surface area (Å²) in [5, 5.41) is 0.203. The topological polar surface area (TPSA) is 68.3 Å². The van der Waals surface area contributed by atoms with Crippen molar-refractivity contribution < 1.29 is 16.8 Å². The molecular weight excluding hydrogens is 415 g/mol. The molecule has 0 heterocycles. The second kappa shape index (κ2) is 8.74. The number of rotatable bonds is 8. The molecule has 1 unspecified atom stereocenters. The molecule has 0 amide bonds. The summed E-state index contributed by atoms with van der Waals surface area (Å²) < 4.78 is 48.8. The molecule has 2 aromatic rings. The van der Waals surface area contributed by atoms with Gasteiger partial charge >= 0.3 is 0 Å². The summed E-state index contributed by atoms with van der Waals surface area (Å²) in [6.45, 7) is 0. The summed E-state index contributed by atoms with van der Waals surface area (Å²) in [7, 11) is -6.72.